The Balaban J connectivity index is 1.95. The molecule has 1 aliphatic rings. The molecule has 24 heavy (non-hydrogen) atoms. The van der Waals surface area contributed by atoms with Crippen molar-refractivity contribution in [1.29, 1.82) is 0 Å². The molecule has 0 atom stereocenters. The maximum absolute atomic E-state index is 13.3. The van der Waals surface area contributed by atoms with Gasteiger partial charge in [-0.15, -0.1) is 0 Å². The number of benzene rings is 1. The van der Waals surface area contributed by atoms with Gasteiger partial charge in [0.15, 0.2) is 5.03 Å². The summed E-state index contributed by atoms with van der Waals surface area (Å²) in [5.41, 5.74) is 2.37. The van der Waals surface area contributed by atoms with Crippen molar-refractivity contribution in [3.8, 4) is 0 Å². The number of hydrogen-bond donors (Lipinski definition) is 0. The van der Waals surface area contributed by atoms with E-state index in [-0.39, 0.29) is 11.5 Å². The Hall–Kier alpha value is -2.22. The van der Waals surface area contributed by atoms with Gasteiger partial charge in [0, 0.05) is 13.1 Å². The zero-order valence-electron chi connectivity index (χ0n) is 13.5. The normalized spacial score (nSPS) is 13.7. The minimum Gasteiger partial charge on any atom is -0.336 e. The SMILES string of the molecule is CCSc1nc(N2CCc3cc(F)ccc3C2)nc(C)c1[N+](=O)[O-]. The van der Waals surface area contributed by atoms with Gasteiger partial charge in [-0.1, -0.05) is 24.8 Å². The third kappa shape index (κ3) is 3.19. The maximum Gasteiger partial charge on any atom is 0.322 e. The number of nitrogens with zero attached hydrogens (tertiary/aromatic N) is 4. The van der Waals surface area contributed by atoms with Crippen molar-refractivity contribution in [1.82, 2.24) is 9.97 Å². The average molecular weight is 348 g/mol. The summed E-state index contributed by atoms with van der Waals surface area (Å²) in [4.78, 5) is 21.6. The lowest BCUT2D eigenvalue weighted by Crippen LogP contribution is -2.32. The molecule has 0 aliphatic carbocycles. The molecule has 1 aromatic heterocycles. The standard InChI is InChI=1S/C16H17FN4O2S/c1-3-24-15-14(21(22)23)10(2)18-16(19-15)20-7-6-11-8-13(17)5-4-12(11)9-20/h4-5,8H,3,6-7,9H2,1-2H3. The number of anilines is 1. The second kappa shape index (κ2) is 6.72. The van der Waals surface area contributed by atoms with E-state index in [1.807, 2.05) is 11.8 Å². The maximum atomic E-state index is 13.3. The first kappa shape index (κ1) is 16.6. The lowest BCUT2D eigenvalue weighted by molar-refractivity contribution is -0.389. The second-order valence-corrected chi connectivity index (χ2v) is 6.79. The van der Waals surface area contributed by atoms with Gasteiger partial charge in [-0.3, -0.25) is 10.1 Å². The number of nitro groups is 1. The van der Waals surface area contributed by atoms with Gasteiger partial charge in [0.25, 0.3) is 0 Å². The van der Waals surface area contributed by atoms with Crippen LogP contribution in [0, 0.1) is 22.9 Å². The van der Waals surface area contributed by atoms with E-state index in [9.17, 15) is 14.5 Å². The van der Waals surface area contributed by atoms with Crippen LogP contribution in [0.15, 0.2) is 23.2 Å². The molecule has 0 radical (unpaired) electrons. The van der Waals surface area contributed by atoms with E-state index in [1.54, 1.807) is 19.1 Å². The molecular formula is C16H17FN4O2S. The van der Waals surface area contributed by atoms with Crippen LogP contribution in [0.1, 0.15) is 23.7 Å². The van der Waals surface area contributed by atoms with Crippen LogP contribution >= 0.6 is 11.8 Å². The number of hydrogen-bond acceptors (Lipinski definition) is 6. The molecule has 3 rings (SSSR count). The van der Waals surface area contributed by atoms with E-state index < -0.39 is 4.92 Å². The molecule has 2 heterocycles. The first-order chi connectivity index (χ1) is 11.5. The van der Waals surface area contributed by atoms with E-state index in [1.165, 1.54) is 17.8 Å². The van der Waals surface area contributed by atoms with Gasteiger partial charge >= 0.3 is 5.69 Å². The quantitative estimate of drug-likeness (QED) is 0.364. The molecule has 0 spiro atoms. The molecule has 126 valence electrons. The summed E-state index contributed by atoms with van der Waals surface area (Å²) in [5, 5.41) is 11.7. The van der Waals surface area contributed by atoms with Crippen LogP contribution in [0.2, 0.25) is 0 Å². The summed E-state index contributed by atoms with van der Waals surface area (Å²) >= 11 is 1.34. The van der Waals surface area contributed by atoms with Crippen molar-refractivity contribution < 1.29 is 9.31 Å². The summed E-state index contributed by atoms with van der Waals surface area (Å²) in [6.45, 7) is 4.79. The van der Waals surface area contributed by atoms with Crippen molar-refractivity contribution in [3.05, 3.63) is 51.0 Å². The second-order valence-electron chi connectivity index (χ2n) is 5.54. The van der Waals surface area contributed by atoms with E-state index >= 15 is 0 Å². The first-order valence-electron chi connectivity index (χ1n) is 7.67. The van der Waals surface area contributed by atoms with Crippen molar-refractivity contribution in [2.75, 3.05) is 17.2 Å². The van der Waals surface area contributed by atoms with Crippen LogP contribution in [0.4, 0.5) is 16.0 Å². The molecule has 2 aromatic rings. The van der Waals surface area contributed by atoms with Crippen LogP contribution in [-0.2, 0) is 13.0 Å². The molecule has 1 aliphatic heterocycles. The van der Waals surface area contributed by atoms with Gasteiger partial charge in [0.05, 0.1) is 4.92 Å². The topological polar surface area (TPSA) is 72.2 Å². The summed E-state index contributed by atoms with van der Waals surface area (Å²) in [5.74, 6) is 0.953. The fourth-order valence-corrected chi connectivity index (χ4v) is 3.59. The summed E-state index contributed by atoms with van der Waals surface area (Å²) in [6.07, 6.45) is 0.697. The molecule has 0 saturated heterocycles. The Morgan fingerprint density at radius 3 is 2.88 bits per heavy atom. The van der Waals surface area contributed by atoms with Crippen molar-refractivity contribution >= 4 is 23.4 Å². The molecule has 0 fully saturated rings. The predicted molar refractivity (Wildman–Crippen MR) is 91.0 cm³/mol. The highest BCUT2D eigenvalue weighted by Crippen LogP contribution is 2.32. The minimum atomic E-state index is -0.425. The monoisotopic (exact) mass is 348 g/mol. The highest BCUT2D eigenvalue weighted by atomic mass is 32.2. The molecule has 6 nitrogen and oxygen atoms in total. The summed E-state index contributed by atoms with van der Waals surface area (Å²) in [6, 6.07) is 4.78. The van der Waals surface area contributed by atoms with E-state index in [2.05, 4.69) is 9.97 Å². The zero-order valence-corrected chi connectivity index (χ0v) is 14.3. The molecule has 0 saturated carbocycles. The van der Waals surface area contributed by atoms with Gasteiger partial charge in [-0.25, -0.2) is 9.37 Å². The van der Waals surface area contributed by atoms with Gasteiger partial charge in [-0.05, 0) is 42.4 Å². The Labute approximate surface area is 143 Å². The number of aromatic nitrogens is 2. The van der Waals surface area contributed by atoms with Crippen molar-refractivity contribution in [2.24, 2.45) is 0 Å². The van der Waals surface area contributed by atoms with E-state index in [0.717, 1.165) is 11.1 Å². The third-order valence-electron chi connectivity index (χ3n) is 3.94. The summed E-state index contributed by atoms with van der Waals surface area (Å²) < 4.78 is 13.3. The lowest BCUT2D eigenvalue weighted by Gasteiger charge is -2.29. The number of rotatable bonds is 4. The molecule has 0 unspecified atom stereocenters. The van der Waals surface area contributed by atoms with Crippen LogP contribution in [0.3, 0.4) is 0 Å². The Morgan fingerprint density at radius 1 is 1.38 bits per heavy atom. The van der Waals surface area contributed by atoms with Crippen LogP contribution in [-0.4, -0.2) is 27.2 Å². The molecule has 8 heteroatoms. The van der Waals surface area contributed by atoms with Gasteiger partial charge in [0.2, 0.25) is 5.95 Å². The zero-order chi connectivity index (χ0) is 17.3. The minimum absolute atomic E-state index is 0.0231. The van der Waals surface area contributed by atoms with Gasteiger partial charge in [-0.2, -0.15) is 4.98 Å². The Kier molecular flexibility index (Phi) is 4.66. The molecule has 0 N–H and O–H groups in total. The first-order valence-corrected chi connectivity index (χ1v) is 8.66. The largest absolute Gasteiger partial charge is 0.336 e. The van der Waals surface area contributed by atoms with Crippen LogP contribution < -0.4 is 4.90 Å². The van der Waals surface area contributed by atoms with Gasteiger partial charge < -0.3 is 4.90 Å². The molecular weight excluding hydrogens is 331 g/mol. The van der Waals surface area contributed by atoms with Crippen LogP contribution in [0.5, 0.6) is 0 Å². The lowest BCUT2D eigenvalue weighted by atomic mass is 10.00. The number of thioether (sulfide) groups is 1. The van der Waals surface area contributed by atoms with E-state index in [4.69, 9.17) is 0 Å². The molecule has 1 aromatic carbocycles. The fraction of sp³-hybridized carbons (Fsp3) is 0.375. The number of fused-ring (bicyclic) bond motifs is 1. The molecule has 0 amide bonds. The third-order valence-corrected chi connectivity index (χ3v) is 4.79. The highest BCUT2D eigenvalue weighted by Gasteiger charge is 2.25. The fourth-order valence-electron chi connectivity index (χ4n) is 2.81. The number of aryl methyl sites for hydroxylation is 1. The highest BCUT2D eigenvalue weighted by molar-refractivity contribution is 7.99. The average Bonchev–Trinajstić information content (AvgIpc) is 2.53. The van der Waals surface area contributed by atoms with Crippen molar-refractivity contribution in [3.63, 3.8) is 0 Å². The van der Waals surface area contributed by atoms with Crippen molar-refractivity contribution in [2.45, 2.75) is 31.8 Å². The van der Waals surface area contributed by atoms with Crippen LogP contribution in [0.25, 0.3) is 0 Å². The molecule has 0 bridgehead atoms. The predicted octanol–water partition coefficient (Wildman–Crippen LogP) is 3.51. The van der Waals surface area contributed by atoms with Gasteiger partial charge in [0.1, 0.15) is 11.5 Å². The Bertz CT molecular complexity index is 800. The smallest absolute Gasteiger partial charge is 0.322 e. The summed E-state index contributed by atoms with van der Waals surface area (Å²) in [7, 11) is 0. The Morgan fingerprint density at radius 2 is 2.17 bits per heavy atom. The van der Waals surface area contributed by atoms with E-state index in [0.29, 0.717) is 41.9 Å². The number of halogens is 1.